The van der Waals surface area contributed by atoms with Crippen molar-refractivity contribution in [1.82, 2.24) is 5.43 Å². The minimum absolute atomic E-state index is 0.0709. The largest absolute Gasteiger partial charge is 0.493 e. The summed E-state index contributed by atoms with van der Waals surface area (Å²) in [6.45, 7) is 0. The van der Waals surface area contributed by atoms with Crippen LogP contribution in [0.3, 0.4) is 0 Å². The van der Waals surface area contributed by atoms with Gasteiger partial charge in [-0.25, -0.2) is 0 Å². The van der Waals surface area contributed by atoms with E-state index in [0.29, 0.717) is 17.2 Å². The van der Waals surface area contributed by atoms with Crippen LogP contribution in [-0.4, -0.2) is 21.3 Å². The lowest BCUT2D eigenvalue weighted by Gasteiger charge is -2.21. The standard InChI is InChI=1S/C15H20N2O3S/c1-18-13-7-6-11(14(19-2)15(13)20-3)12(17-16)9-10-5-4-8-21-10/h4-8,12,17H,9,16H2,1-3H3. The lowest BCUT2D eigenvalue weighted by Crippen LogP contribution is -2.29. The second-order valence-electron chi connectivity index (χ2n) is 4.43. The smallest absolute Gasteiger partial charge is 0.203 e. The van der Waals surface area contributed by atoms with Gasteiger partial charge in [0.25, 0.3) is 0 Å². The number of benzene rings is 1. The highest BCUT2D eigenvalue weighted by Crippen LogP contribution is 2.42. The molecule has 2 aromatic rings. The van der Waals surface area contributed by atoms with E-state index in [2.05, 4.69) is 16.9 Å². The molecule has 0 aliphatic carbocycles. The van der Waals surface area contributed by atoms with E-state index in [0.717, 1.165) is 12.0 Å². The second-order valence-corrected chi connectivity index (χ2v) is 5.46. The van der Waals surface area contributed by atoms with Gasteiger partial charge in [-0.1, -0.05) is 6.07 Å². The molecule has 6 heteroatoms. The predicted octanol–water partition coefficient (Wildman–Crippen LogP) is 2.52. The predicted molar refractivity (Wildman–Crippen MR) is 84.2 cm³/mol. The van der Waals surface area contributed by atoms with E-state index in [1.165, 1.54) is 4.88 Å². The maximum Gasteiger partial charge on any atom is 0.203 e. The molecule has 0 bridgehead atoms. The molecule has 1 aromatic heterocycles. The van der Waals surface area contributed by atoms with Gasteiger partial charge in [0.1, 0.15) is 0 Å². The third kappa shape index (κ3) is 3.29. The molecule has 0 fully saturated rings. The maximum absolute atomic E-state index is 5.73. The molecule has 0 amide bonds. The third-order valence-corrected chi connectivity index (χ3v) is 4.20. The van der Waals surface area contributed by atoms with Crippen LogP contribution in [0.5, 0.6) is 17.2 Å². The van der Waals surface area contributed by atoms with Crippen molar-refractivity contribution in [2.24, 2.45) is 5.84 Å². The lowest BCUT2D eigenvalue weighted by molar-refractivity contribution is 0.319. The number of nitrogens with two attached hydrogens (primary N) is 1. The molecule has 1 heterocycles. The van der Waals surface area contributed by atoms with E-state index in [-0.39, 0.29) is 6.04 Å². The van der Waals surface area contributed by atoms with E-state index in [4.69, 9.17) is 20.1 Å². The highest BCUT2D eigenvalue weighted by atomic mass is 32.1. The molecule has 5 nitrogen and oxygen atoms in total. The van der Waals surface area contributed by atoms with Crippen molar-refractivity contribution in [2.75, 3.05) is 21.3 Å². The van der Waals surface area contributed by atoms with E-state index < -0.39 is 0 Å². The van der Waals surface area contributed by atoms with Gasteiger partial charge in [-0.15, -0.1) is 11.3 Å². The zero-order valence-corrected chi connectivity index (χ0v) is 13.2. The molecule has 1 unspecified atom stereocenters. The second kappa shape index (κ2) is 7.31. The summed E-state index contributed by atoms with van der Waals surface area (Å²) in [4.78, 5) is 1.25. The third-order valence-electron chi connectivity index (χ3n) is 3.30. The first-order valence-electron chi connectivity index (χ1n) is 6.52. The van der Waals surface area contributed by atoms with E-state index in [1.807, 2.05) is 18.2 Å². The summed E-state index contributed by atoms with van der Waals surface area (Å²) in [6.07, 6.45) is 0.778. The fourth-order valence-electron chi connectivity index (χ4n) is 2.29. The highest BCUT2D eigenvalue weighted by Gasteiger charge is 2.22. The van der Waals surface area contributed by atoms with Crippen molar-refractivity contribution in [3.8, 4) is 17.2 Å². The number of rotatable bonds is 7. The number of thiophene rings is 1. The average molecular weight is 308 g/mol. The summed E-state index contributed by atoms with van der Waals surface area (Å²) in [6, 6.07) is 7.84. The Hall–Kier alpha value is -1.76. The Morgan fingerprint density at radius 1 is 1.10 bits per heavy atom. The van der Waals surface area contributed by atoms with Gasteiger partial charge in [0, 0.05) is 16.9 Å². The summed E-state index contributed by atoms with van der Waals surface area (Å²) in [7, 11) is 4.80. The minimum atomic E-state index is -0.0709. The Balaban J connectivity index is 2.40. The molecule has 21 heavy (non-hydrogen) atoms. The van der Waals surface area contributed by atoms with Crippen molar-refractivity contribution in [2.45, 2.75) is 12.5 Å². The first-order valence-corrected chi connectivity index (χ1v) is 7.40. The number of hydrogen-bond acceptors (Lipinski definition) is 6. The molecule has 0 aliphatic heterocycles. The summed E-state index contributed by atoms with van der Waals surface area (Å²) < 4.78 is 16.2. The van der Waals surface area contributed by atoms with Crippen LogP contribution in [0.1, 0.15) is 16.5 Å². The molecule has 114 valence electrons. The molecular weight excluding hydrogens is 288 g/mol. The lowest BCUT2D eigenvalue weighted by atomic mass is 10.0. The summed E-state index contributed by atoms with van der Waals surface area (Å²) in [5.74, 6) is 7.57. The number of hydrazine groups is 1. The molecule has 0 spiro atoms. The van der Waals surface area contributed by atoms with Gasteiger partial charge in [-0.3, -0.25) is 11.3 Å². The van der Waals surface area contributed by atoms with Crippen LogP contribution in [0.4, 0.5) is 0 Å². The van der Waals surface area contributed by atoms with Gasteiger partial charge >= 0.3 is 0 Å². The molecule has 1 atom stereocenters. The Morgan fingerprint density at radius 3 is 2.38 bits per heavy atom. The fourth-order valence-corrected chi connectivity index (χ4v) is 3.04. The van der Waals surface area contributed by atoms with Crippen molar-refractivity contribution in [1.29, 1.82) is 0 Å². The van der Waals surface area contributed by atoms with Gasteiger partial charge < -0.3 is 14.2 Å². The molecular formula is C15H20N2O3S. The van der Waals surface area contributed by atoms with Crippen LogP contribution in [0.15, 0.2) is 29.6 Å². The number of ether oxygens (including phenoxy) is 3. The van der Waals surface area contributed by atoms with Crippen molar-refractivity contribution in [3.05, 3.63) is 40.1 Å². The van der Waals surface area contributed by atoms with E-state index in [9.17, 15) is 0 Å². The number of hydrogen-bond donors (Lipinski definition) is 2. The highest BCUT2D eigenvalue weighted by molar-refractivity contribution is 7.09. The fraction of sp³-hybridized carbons (Fsp3) is 0.333. The molecule has 0 radical (unpaired) electrons. The van der Waals surface area contributed by atoms with Crippen LogP contribution in [0, 0.1) is 0 Å². The molecule has 3 N–H and O–H groups in total. The van der Waals surface area contributed by atoms with Gasteiger partial charge in [0.15, 0.2) is 11.5 Å². The molecule has 1 aromatic carbocycles. The van der Waals surface area contributed by atoms with Crippen LogP contribution in [0.25, 0.3) is 0 Å². The number of methoxy groups -OCH3 is 3. The van der Waals surface area contributed by atoms with Crippen LogP contribution < -0.4 is 25.5 Å². The Labute approximate surface area is 128 Å². The summed E-state index contributed by atoms with van der Waals surface area (Å²) >= 11 is 1.70. The van der Waals surface area contributed by atoms with Gasteiger partial charge in [-0.05, 0) is 23.6 Å². The van der Waals surface area contributed by atoms with E-state index >= 15 is 0 Å². The topological polar surface area (TPSA) is 65.7 Å². The summed E-state index contributed by atoms with van der Waals surface area (Å²) in [5, 5.41) is 2.05. The summed E-state index contributed by atoms with van der Waals surface area (Å²) in [5.41, 5.74) is 3.79. The molecule has 0 saturated carbocycles. The Bertz CT molecular complexity index is 573. The van der Waals surface area contributed by atoms with Gasteiger partial charge in [0.05, 0.1) is 27.4 Å². The SMILES string of the molecule is COc1ccc(C(Cc2cccs2)NN)c(OC)c1OC. The molecule has 0 saturated heterocycles. The first kappa shape index (κ1) is 15.6. The quantitative estimate of drug-likeness (QED) is 0.608. The van der Waals surface area contributed by atoms with Gasteiger partial charge in [-0.2, -0.15) is 0 Å². The Kier molecular flexibility index (Phi) is 5.44. The zero-order valence-electron chi connectivity index (χ0n) is 12.4. The number of nitrogens with one attached hydrogen (secondary N) is 1. The normalized spacial score (nSPS) is 12.0. The van der Waals surface area contributed by atoms with Gasteiger partial charge in [0.2, 0.25) is 5.75 Å². The van der Waals surface area contributed by atoms with Crippen molar-refractivity contribution in [3.63, 3.8) is 0 Å². The van der Waals surface area contributed by atoms with Crippen LogP contribution in [0.2, 0.25) is 0 Å². The minimum Gasteiger partial charge on any atom is -0.493 e. The Morgan fingerprint density at radius 2 is 1.86 bits per heavy atom. The maximum atomic E-state index is 5.73. The first-order chi connectivity index (χ1) is 10.2. The molecule has 2 rings (SSSR count). The average Bonchev–Trinajstić information content (AvgIpc) is 3.04. The van der Waals surface area contributed by atoms with Crippen LogP contribution >= 0.6 is 11.3 Å². The van der Waals surface area contributed by atoms with Crippen molar-refractivity contribution < 1.29 is 14.2 Å². The molecule has 0 aliphatic rings. The zero-order chi connectivity index (χ0) is 15.2. The van der Waals surface area contributed by atoms with E-state index in [1.54, 1.807) is 32.7 Å². The monoisotopic (exact) mass is 308 g/mol. The van der Waals surface area contributed by atoms with Crippen LogP contribution in [-0.2, 0) is 6.42 Å². The van der Waals surface area contributed by atoms with Crippen molar-refractivity contribution >= 4 is 11.3 Å².